The second kappa shape index (κ2) is 7.26. The minimum Gasteiger partial charge on any atom is -0.507 e. The number of anilines is 1. The largest absolute Gasteiger partial charge is 0.507 e. The number of phenols is 1. The predicted molar refractivity (Wildman–Crippen MR) is 95.3 cm³/mol. The molecule has 0 spiro atoms. The second-order valence-corrected chi connectivity index (χ2v) is 5.80. The maximum atomic E-state index is 13.2. The lowest BCUT2D eigenvalue weighted by atomic mass is 10.1. The van der Waals surface area contributed by atoms with Gasteiger partial charge in [0.15, 0.2) is 11.6 Å². The molecule has 0 unspecified atom stereocenters. The van der Waals surface area contributed by atoms with E-state index in [1.807, 2.05) is 19.9 Å². The van der Waals surface area contributed by atoms with E-state index in [-0.39, 0.29) is 23.0 Å². The third-order valence-corrected chi connectivity index (χ3v) is 4.22. The number of alkyl halides is 3. The van der Waals surface area contributed by atoms with Gasteiger partial charge < -0.3 is 10.0 Å². The van der Waals surface area contributed by atoms with E-state index in [0.29, 0.717) is 5.56 Å². The van der Waals surface area contributed by atoms with Crippen molar-refractivity contribution in [1.82, 2.24) is 20.2 Å². The molecule has 2 N–H and O–H groups in total. The molecule has 3 aromatic rings. The minimum absolute atomic E-state index is 0.0377. The van der Waals surface area contributed by atoms with E-state index in [1.165, 1.54) is 0 Å². The molecule has 0 atom stereocenters. The molecule has 27 heavy (non-hydrogen) atoms. The Bertz CT molecular complexity index is 935. The number of rotatable bonds is 5. The van der Waals surface area contributed by atoms with Crippen LogP contribution in [0, 0.1) is 0 Å². The van der Waals surface area contributed by atoms with E-state index in [0.717, 1.165) is 37.2 Å². The van der Waals surface area contributed by atoms with Gasteiger partial charge in [-0.3, -0.25) is 10.1 Å². The van der Waals surface area contributed by atoms with Gasteiger partial charge in [-0.15, -0.1) is 0 Å². The van der Waals surface area contributed by atoms with Gasteiger partial charge in [0.1, 0.15) is 5.75 Å². The van der Waals surface area contributed by atoms with Gasteiger partial charge in [0.2, 0.25) is 0 Å². The fourth-order valence-electron chi connectivity index (χ4n) is 2.83. The molecule has 0 amide bonds. The topological polar surface area (TPSA) is 77.9 Å². The summed E-state index contributed by atoms with van der Waals surface area (Å²) in [6.45, 7) is 5.57. The van der Waals surface area contributed by atoms with Gasteiger partial charge in [0.25, 0.3) is 0 Å². The summed E-state index contributed by atoms with van der Waals surface area (Å²) in [5.41, 5.74) is 0.0885. The van der Waals surface area contributed by atoms with Crippen LogP contribution in [0.2, 0.25) is 0 Å². The molecule has 1 aromatic carbocycles. The molecule has 2 aromatic heterocycles. The minimum atomic E-state index is -4.55. The molecule has 9 heteroatoms. The Balaban J connectivity index is 1.98. The third-order valence-electron chi connectivity index (χ3n) is 4.22. The number of benzene rings is 1. The van der Waals surface area contributed by atoms with Crippen molar-refractivity contribution in [2.45, 2.75) is 20.0 Å². The van der Waals surface area contributed by atoms with Crippen LogP contribution in [-0.2, 0) is 6.18 Å². The first-order chi connectivity index (χ1) is 12.8. The van der Waals surface area contributed by atoms with Crippen molar-refractivity contribution in [2.75, 3.05) is 18.0 Å². The highest BCUT2D eigenvalue weighted by atomic mass is 19.4. The zero-order valence-corrected chi connectivity index (χ0v) is 14.7. The van der Waals surface area contributed by atoms with Crippen molar-refractivity contribution in [1.29, 1.82) is 0 Å². The standard InChI is InChI=1S/C18H18F3N5O/c1-3-26(4-2)11-5-6-12(15(27)9-11)16-23-17(25-24-16)13-10-22-8-7-14(13)18(19,20)21/h5-10,27H,3-4H2,1-2H3,(H,23,24,25). The van der Waals surface area contributed by atoms with E-state index >= 15 is 0 Å². The third kappa shape index (κ3) is 3.71. The maximum absolute atomic E-state index is 13.2. The van der Waals surface area contributed by atoms with Gasteiger partial charge in [0, 0.05) is 37.2 Å². The van der Waals surface area contributed by atoms with Crippen molar-refractivity contribution >= 4 is 5.69 Å². The molecule has 0 fully saturated rings. The molecular formula is C18H18F3N5O. The SMILES string of the molecule is CCN(CC)c1ccc(-c2nc(-c3cnccc3C(F)(F)F)n[nH]2)c(O)c1. The second-order valence-electron chi connectivity index (χ2n) is 5.80. The van der Waals surface area contributed by atoms with Crippen LogP contribution in [-0.4, -0.2) is 38.4 Å². The van der Waals surface area contributed by atoms with Crippen molar-refractivity contribution in [3.05, 3.63) is 42.2 Å². The number of pyridine rings is 1. The number of hydrogen-bond donors (Lipinski definition) is 2. The summed E-state index contributed by atoms with van der Waals surface area (Å²) in [7, 11) is 0. The molecule has 0 aliphatic rings. The lowest BCUT2D eigenvalue weighted by molar-refractivity contribution is -0.137. The predicted octanol–water partition coefficient (Wildman–Crippen LogP) is 4.10. The average molecular weight is 377 g/mol. The van der Waals surface area contributed by atoms with E-state index in [2.05, 4.69) is 25.1 Å². The zero-order valence-electron chi connectivity index (χ0n) is 14.7. The van der Waals surface area contributed by atoms with E-state index in [1.54, 1.807) is 12.1 Å². The number of aromatic hydroxyl groups is 1. The van der Waals surface area contributed by atoms with Crippen LogP contribution in [0.15, 0.2) is 36.7 Å². The number of halogens is 3. The summed E-state index contributed by atoms with van der Waals surface area (Å²) in [4.78, 5) is 9.91. The van der Waals surface area contributed by atoms with Crippen LogP contribution < -0.4 is 4.90 Å². The summed E-state index contributed by atoms with van der Waals surface area (Å²) in [6, 6.07) is 5.94. The number of aromatic amines is 1. The molecule has 6 nitrogen and oxygen atoms in total. The van der Waals surface area contributed by atoms with Crippen molar-refractivity contribution < 1.29 is 18.3 Å². The quantitative estimate of drug-likeness (QED) is 0.700. The Morgan fingerprint density at radius 2 is 1.85 bits per heavy atom. The Morgan fingerprint density at radius 1 is 1.11 bits per heavy atom. The van der Waals surface area contributed by atoms with Crippen LogP contribution in [0.3, 0.4) is 0 Å². The number of H-pyrrole nitrogens is 1. The molecule has 0 bridgehead atoms. The lowest BCUT2D eigenvalue weighted by Gasteiger charge is -2.21. The van der Waals surface area contributed by atoms with E-state index in [9.17, 15) is 18.3 Å². The van der Waals surface area contributed by atoms with Crippen LogP contribution >= 0.6 is 0 Å². The Labute approximate surface area is 153 Å². The van der Waals surface area contributed by atoms with Gasteiger partial charge in [0.05, 0.1) is 16.7 Å². The van der Waals surface area contributed by atoms with Gasteiger partial charge >= 0.3 is 6.18 Å². The fourth-order valence-corrected chi connectivity index (χ4v) is 2.83. The highest BCUT2D eigenvalue weighted by Gasteiger charge is 2.34. The molecule has 142 valence electrons. The molecule has 0 radical (unpaired) electrons. The summed E-state index contributed by atoms with van der Waals surface area (Å²) < 4.78 is 39.5. The smallest absolute Gasteiger partial charge is 0.417 e. The summed E-state index contributed by atoms with van der Waals surface area (Å²) in [5.74, 6) is -0.00690. The lowest BCUT2D eigenvalue weighted by Crippen LogP contribution is -2.21. The highest BCUT2D eigenvalue weighted by molar-refractivity contribution is 5.70. The van der Waals surface area contributed by atoms with Gasteiger partial charge in [-0.05, 0) is 32.0 Å². The fraction of sp³-hybridized carbons (Fsp3) is 0.278. The molecule has 0 aliphatic heterocycles. The van der Waals surface area contributed by atoms with Crippen molar-refractivity contribution in [3.8, 4) is 28.5 Å². The molecule has 2 heterocycles. The monoisotopic (exact) mass is 377 g/mol. The number of nitrogens with one attached hydrogen (secondary N) is 1. The molecule has 3 rings (SSSR count). The Hall–Kier alpha value is -3.10. The summed E-state index contributed by atoms with van der Waals surface area (Å²) in [6.07, 6.45) is -2.41. The van der Waals surface area contributed by atoms with Crippen molar-refractivity contribution in [3.63, 3.8) is 0 Å². The average Bonchev–Trinajstić information content (AvgIpc) is 3.12. The number of hydrogen-bond acceptors (Lipinski definition) is 5. The molecular weight excluding hydrogens is 359 g/mol. The first kappa shape index (κ1) is 18.7. The first-order valence-electron chi connectivity index (χ1n) is 8.37. The zero-order chi connectivity index (χ0) is 19.6. The van der Waals surface area contributed by atoms with Gasteiger partial charge in [-0.2, -0.15) is 18.3 Å². The Morgan fingerprint density at radius 3 is 2.48 bits per heavy atom. The molecule has 0 aliphatic carbocycles. The number of phenolic OH excluding ortho intramolecular Hbond substituents is 1. The number of aromatic nitrogens is 4. The van der Waals surface area contributed by atoms with E-state index < -0.39 is 11.7 Å². The summed E-state index contributed by atoms with van der Waals surface area (Å²) >= 11 is 0. The Kier molecular flexibility index (Phi) is 5.02. The van der Waals surface area contributed by atoms with Crippen molar-refractivity contribution in [2.24, 2.45) is 0 Å². The van der Waals surface area contributed by atoms with Crippen LogP contribution in [0.4, 0.5) is 18.9 Å². The summed E-state index contributed by atoms with van der Waals surface area (Å²) in [5, 5.41) is 16.8. The van der Waals surface area contributed by atoms with Crippen LogP contribution in [0.5, 0.6) is 5.75 Å². The molecule has 0 saturated carbocycles. The van der Waals surface area contributed by atoms with E-state index in [4.69, 9.17) is 0 Å². The maximum Gasteiger partial charge on any atom is 0.417 e. The highest BCUT2D eigenvalue weighted by Crippen LogP contribution is 2.36. The van der Waals surface area contributed by atoms with Gasteiger partial charge in [-0.1, -0.05) is 0 Å². The molecule has 0 saturated heterocycles. The number of nitrogens with zero attached hydrogens (tertiary/aromatic N) is 4. The van der Waals surface area contributed by atoms with Gasteiger partial charge in [-0.25, -0.2) is 4.98 Å². The van der Waals surface area contributed by atoms with Crippen LogP contribution in [0.1, 0.15) is 19.4 Å². The van der Waals surface area contributed by atoms with Crippen LogP contribution in [0.25, 0.3) is 22.8 Å². The first-order valence-corrected chi connectivity index (χ1v) is 8.37. The normalized spacial score (nSPS) is 11.6.